The molecular formula is C14H21FN4O2. The second-order valence-electron chi connectivity index (χ2n) is 5.34. The fourth-order valence-electron chi connectivity index (χ4n) is 2.45. The third-order valence-corrected chi connectivity index (χ3v) is 3.70. The number of likely N-dealkylation sites (N-methyl/N-ethyl adjacent to an activating group) is 1. The maximum absolute atomic E-state index is 14.0. The number of benzene rings is 1. The van der Waals surface area contributed by atoms with Gasteiger partial charge in [0.15, 0.2) is 0 Å². The Hall–Kier alpha value is -1.57. The molecule has 0 amide bonds. The first kappa shape index (κ1) is 15.8. The van der Waals surface area contributed by atoms with E-state index in [0.29, 0.717) is 12.1 Å². The fourth-order valence-corrected chi connectivity index (χ4v) is 2.45. The van der Waals surface area contributed by atoms with Crippen LogP contribution in [0.4, 0.5) is 10.1 Å². The summed E-state index contributed by atoms with van der Waals surface area (Å²) in [5, 5.41) is 14.0. The molecule has 1 saturated heterocycles. The fraction of sp³-hybridized carbons (Fsp3) is 0.571. The second-order valence-corrected chi connectivity index (χ2v) is 5.34. The Kier molecular flexibility index (Phi) is 5.60. The summed E-state index contributed by atoms with van der Waals surface area (Å²) in [5.41, 5.74) is -0.0879. The lowest BCUT2D eigenvalue weighted by Gasteiger charge is -2.29. The molecule has 0 aliphatic carbocycles. The van der Waals surface area contributed by atoms with Crippen molar-refractivity contribution in [2.24, 2.45) is 0 Å². The highest BCUT2D eigenvalue weighted by atomic mass is 19.1. The van der Waals surface area contributed by atoms with Gasteiger partial charge in [0.25, 0.3) is 0 Å². The number of halogens is 1. The highest BCUT2D eigenvalue weighted by Crippen LogP contribution is 2.20. The molecule has 0 radical (unpaired) electrons. The normalized spacial score (nSPS) is 16.3. The van der Waals surface area contributed by atoms with Gasteiger partial charge in [0, 0.05) is 57.4 Å². The molecule has 1 heterocycles. The van der Waals surface area contributed by atoms with E-state index >= 15 is 0 Å². The standard InChI is InChI=1S/C14H21FN4O2/c1-17(9-10-18-7-5-16-6-8-18)11-12-3-2-4-13(14(12)15)19(20)21/h2-4,16H,5-11H2,1H3. The smallest absolute Gasteiger partial charge is 0.305 e. The molecule has 0 bridgehead atoms. The molecule has 1 fully saturated rings. The molecule has 7 heteroatoms. The quantitative estimate of drug-likeness (QED) is 0.628. The van der Waals surface area contributed by atoms with Gasteiger partial charge in [-0.15, -0.1) is 0 Å². The first-order chi connectivity index (χ1) is 10.1. The lowest BCUT2D eigenvalue weighted by atomic mass is 10.1. The first-order valence-electron chi connectivity index (χ1n) is 7.11. The van der Waals surface area contributed by atoms with Crippen LogP contribution >= 0.6 is 0 Å². The van der Waals surface area contributed by atoms with E-state index in [1.807, 2.05) is 11.9 Å². The topological polar surface area (TPSA) is 61.6 Å². The third-order valence-electron chi connectivity index (χ3n) is 3.70. The van der Waals surface area contributed by atoms with Crippen LogP contribution in [0.1, 0.15) is 5.56 Å². The van der Waals surface area contributed by atoms with Crippen LogP contribution in [0.15, 0.2) is 18.2 Å². The summed E-state index contributed by atoms with van der Waals surface area (Å²) in [6.45, 7) is 6.17. The molecule has 2 rings (SSSR count). The van der Waals surface area contributed by atoms with Crippen LogP contribution in [0.25, 0.3) is 0 Å². The van der Waals surface area contributed by atoms with Gasteiger partial charge in [-0.05, 0) is 7.05 Å². The van der Waals surface area contributed by atoms with Gasteiger partial charge in [-0.1, -0.05) is 12.1 Å². The predicted molar refractivity (Wildman–Crippen MR) is 78.7 cm³/mol. The Morgan fingerprint density at radius 2 is 2.14 bits per heavy atom. The summed E-state index contributed by atoms with van der Waals surface area (Å²) in [5.74, 6) is -0.725. The number of nitro benzene ring substituents is 1. The molecule has 1 aromatic rings. The Balaban J connectivity index is 1.88. The van der Waals surface area contributed by atoms with E-state index in [2.05, 4.69) is 10.2 Å². The average Bonchev–Trinajstić information content (AvgIpc) is 2.48. The van der Waals surface area contributed by atoms with Crippen molar-refractivity contribution in [2.75, 3.05) is 46.3 Å². The van der Waals surface area contributed by atoms with Gasteiger partial charge in [0.05, 0.1) is 4.92 Å². The molecule has 1 aliphatic rings. The SMILES string of the molecule is CN(CCN1CCNCC1)Cc1cccc([N+](=O)[O-])c1F. The van der Waals surface area contributed by atoms with Crippen molar-refractivity contribution in [3.8, 4) is 0 Å². The van der Waals surface area contributed by atoms with Crippen LogP contribution in [0, 0.1) is 15.9 Å². The van der Waals surface area contributed by atoms with Crippen molar-refractivity contribution >= 4 is 5.69 Å². The zero-order valence-electron chi connectivity index (χ0n) is 12.2. The molecule has 1 aliphatic heterocycles. The van der Waals surface area contributed by atoms with E-state index < -0.39 is 16.4 Å². The van der Waals surface area contributed by atoms with Gasteiger partial charge in [0.2, 0.25) is 5.82 Å². The lowest BCUT2D eigenvalue weighted by Crippen LogP contribution is -2.45. The van der Waals surface area contributed by atoms with E-state index in [9.17, 15) is 14.5 Å². The van der Waals surface area contributed by atoms with Crippen LogP contribution in [-0.4, -0.2) is 61.0 Å². The van der Waals surface area contributed by atoms with Crippen molar-refractivity contribution in [3.05, 3.63) is 39.7 Å². The first-order valence-corrected chi connectivity index (χ1v) is 7.11. The summed E-state index contributed by atoms with van der Waals surface area (Å²) >= 11 is 0. The zero-order valence-corrected chi connectivity index (χ0v) is 12.2. The van der Waals surface area contributed by atoms with Crippen molar-refractivity contribution in [3.63, 3.8) is 0 Å². The van der Waals surface area contributed by atoms with Gasteiger partial charge >= 0.3 is 5.69 Å². The Bertz CT molecular complexity index is 492. The number of hydrogen-bond acceptors (Lipinski definition) is 5. The molecule has 0 aromatic heterocycles. The van der Waals surface area contributed by atoms with E-state index in [4.69, 9.17) is 0 Å². The van der Waals surface area contributed by atoms with Crippen LogP contribution in [0.2, 0.25) is 0 Å². The zero-order chi connectivity index (χ0) is 15.2. The van der Waals surface area contributed by atoms with E-state index in [0.717, 1.165) is 39.3 Å². The number of nitrogens with zero attached hydrogens (tertiary/aromatic N) is 3. The number of rotatable bonds is 6. The van der Waals surface area contributed by atoms with Crippen LogP contribution in [0.5, 0.6) is 0 Å². The van der Waals surface area contributed by atoms with Crippen molar-refractivity contribution < 1.29 is 9.31 Å². The Labute approximate surface area is 123 Å². The molecule has 0 atom stereocenters. The molecule has 21 heavy (non-hydrogen) atoms. The van der Waals surface area contributed by atoms with Gasteiger partial charge in [-0.25, -0.2) is 0 Å². The highest BCUT2D eigenvalue weighted by molar-refractivity contribution is 5.36. The summed E-state index contributed by atoms with van der Waals surface area (Å²) in [7, 11) is 1.90. The minimum Gasteiger partial charge on any atom is -0.314 e. The minimum atomic E-state index is -0.725. The number of nitro groups is 1. The third kappa shape index (κ3) is 4.45. The average molecular weight is 296 g/mol. The molecular weight excluding hydrogens is 275 g/mol. The van der Waals surface area contributed by atoms with Crippen molar-refractivity contribution in [1.29, 1.82) is 0 Å². The molecule has 1 N–H and O–H groups in total. The number of nitrogens with one attached hydrogen (secondary N) is 1. The Morgan fingerprint density at radius 1 is 1.43 bits per heavy atom. The minimum absolute atomic E-state index is 0.368. The van der Waals surface area contributed by atoms with Crippen LogP contribution in [-0.2, 0) is 6.54 Å². The highest BCUT2D eigenvalue weighted by Gasteiger charge is 2.18. The molecule has 0 unspecified atom stereocenters. The van der Waals surface area contributed by atoms with Crippen LogP contribution in [0.3, 0.4) is 0 Å². The van der Waals surface area contributed by atoms with Gasteiger partial charge in [0.1, 0.15) is 0 Å². The maximum Gasteiger partial charge on any atom is 0.305 e. The summed E-state index contributed by atoms with van der Waals surface area (Å²) in [6, 6.07) is 4.32. The number of piperazine rings is 1. The molecule has 1 aromatic carbocycles. The number of hydrogen-bond donors (Lipinski definition) is 1. The molecule has 0 spiro atoms. The monoisotopic (exact) mass is 296 g/mol. The van der Waals surface area contributed by atoms with Gasteiger partial charge in [-0.3, -0.25) is 15.0 Å². The molecule has 6 nitrogen and oxygen atoms in total. The van der Waals surface area contributed by atoms with Crippen molar-refractivity contribution in [1.82, 2.24) is 15.1 Å². The van der Waals surface area contributed by atoms with E-state index in [1.165, 1.54) is 12.1 Å². The lowest BCUT2D eigenvalue weighted by molar-refractivity contribution is -0.387. The Morgan fingerprint density at radius 3 is 2.81 bits per heavy atom. The second kappa shape index (κ2) is 7.44. The van der Waals surface area contributed by atoms with E-state index in [1.54, 1.807) is 6.07 Å². The summed E-state index contributed by atoms with van der Waals surface area (Å²) in [4.78, 5) is 14.4. The van der Waals surface area contributed by atoms with Crippen LogP contribution < -0.4 is 5.32 Å². The molecule has 0 saturated carbocycles. The summed E-state index contributed by atoms with van der Waals surface area (Å²) in [6.07, 6.45) is 0. The summed E-state index contributed by atoms with van der Waals surface area (Å²) < 4.78 is 14.0. The molecule has 116 valence electrons. The largest absolute Gasteiger partial charge is 0.314 e. The van der Waals surface area contributed by atoms with Gasteiger partial charge in [-0.2, -0.15) is 4.39 Å². The van der Waals surface area contributed by atoms with Crippen molar-refractivity contribution in [2.45, 2.75) is 6.54 Å². The van der Waals surface area contributed by atoms with E-state index in [-0.39, 0.29) is 0 Å². The van der Waals surface area contributed by atoms with Gasteiger partial charge < -0.3 is 10.2 Å². The maximum atomic E-state index is 14.0. The predicted octanol–water partition coefficient (Wildman–Crippen LogP) is 1.07.